The average molecular weight is 246 g/mol. The highest BCUT2D eigenvalue weighted by Gasteiger charge is 2.10. The molecule has 1 atom stereocenters. The van der Waals surface area contributed by atoms with Crippen molar-refractivity contribution in [2.75, 3.05) is 0 Å². The van der Waals surface area contributed by atoms with Crippen LogP contribution in [0.2, 0.25) is 0 Å². The number of rotatable bonds is 4. The summed E-state index contributed by atoms with van der Waals surface area (Å²) in [4.78, 5) is 0. The molecule has 0 radical (unpaired) electrons. The molecule has 0 aromatic heterocycles. The summed E-state index contributed by atoms with van der Waals surface area (Å²) in [6.45, 7) is 1.98. The molecule has 18 heavy (non-hydrogen) atoms. The van der Waals surface area contributed by atoms with Crippen molar-refractivity contribution in [3.8, 4) is 5.75 Å². The van der Waals surface area contributed by atoms with Crippen molar-refractivity contribution >= 4 is 0 Å². The third-order valence-corrected chi connectivity index (χ3v) is 2.66. The van der Waals surface area contributed by atoms with E-state index in [1.807, 2.05) is 30.3 Å². The van der Waals surface area contributed by atoms with Crippen LogP contribution in [0.3, 0.4) is 0 Å². The second kappa shape index (κ2) is 5.65. The van der Waals surface area contributed by atoms with Gasteiger partial charge in [-0.15, -0.1) is 0 Å². The Morgan fingerprint density at radius 2 is 1.89 bits per heavy atom. The lowest BCUT2D eigenvalue weighted by Crippen LogP contribution is -2.01. The fourth-order valence-corrected chi connectivity index (χ4v) is 1.71. The number of benzene rings is 2. The SMILES string of the molecule is CC(O)c1cc(F)ccc1OCc1ccccc1. The molecular formula is C15H15FO2. The zero-order valence-electron chi connectivity index (χ0n) is 10.1. The average Bonchev–Trinajstić information content (AvgIpc) is 2.38. The van der Waals surface area contributed by atoms with E-state index >= 15 is 0 Å². The van der Waals surface area contributed by atoms with Gasteiger partial charge in [0.25, 0.3) is 0 Å². The first-order valence-electron chi connectivity index (χ1n) is 5.81. The molecule has 3 heteroatoms. The third kappa shape index (κ3) is 3.08. The van der Waals surface area contributed by atoms with Crippen LogP contribution in [-0.4, -0.2) is 5.11 Å². The molecule has 0 aliphatic heterocycles. The van der Waals surface area contributed by atoms with E-state index in [9.17, 15) is 9.50 Å². The van der Waals surface area contributed by atoms with Gasteiger partial charge in [0.05, 0.1) is 6.10 Å². The van der Waals surface area contributed by atoms with E-state index in [0.717, 1.165) is 5.56 Å². The van der Waals surface area contributed by atoms with E-state index in [2.05, 4.69) is 0 Å². The smallest absolute Gasteiger partial charge is 0.125 e. The zero-order chi connectivity index (χ0) is 13.0. The van der Waals surface area contributed by atoms with Crippen LogP contribution in [0.1, 0.15) is 24.2 Å². The zero-order valence-corrected chi connectivity index (χ0v) is 10.1. The third-order valence-electron chi connectivity index (χ3n) is 2.66. The maximum Gasteiger partial charge on any atom is 0.125 e. The number of halogens is 1. The molecule has 0 bridgehead atoms. The van der Waals surface area contributed by atoms with Crippen molar-refractivity contribution in [1.82, 2.24) is 0 Å². The number of hydrogen-bond acceptors (Lipinski definition) is 2. The van der Waals surface area contributed by atoms with E-state index in [1.54, 1.807) is 13.0 Å². The molecule has 2 aromatic rings. The predicted molar refractivity (Wildman–Crippen MR) is 67.8 cm³/mol. The summed E-state index contributed by atoms with van der Waals surface area (Å²) < 4.78 is 18.7. The summed E-state index contributed by atoms with van der Waals surface area (Å²) in [5, 5.41) is 9.58. The summed E-state index contributed by atoms with van der Waals surface area (Å²) in [7, 11) is 0. The van der Waals surface area contributed by atoms with Gasteiger partial charge in [0, 0.05) is 5.56 Å². The van der Waals surface area contributed by atoms with Gasteiger partial charge in [-0.2, -0.15) is 0 Å². The maximum atomic E-state index is 13.1. The predicted octanol–water partition coefficient (Wildman–Crippen LogP) is 3.46. The van der Waals surface area contributed by atoms with Crippen molar-refractivity contribution in [1.29, 1.82) is 0 Å². The van der Waals surface area contributed by atoms with Crippen LogP contribution in [0.5, 0.6) is 5.75 Å². The minimum Gasteiger partial charge on any atom is -0.489 e. The Balaban J connectivity index is 2.14. The summed E-state index contributed by atoms with van der Waals surface area (Å²) in [5.74, 6) is 0.133. The standard InChI is InChI=1S/C15H15FO2/c1-11(17)14-9-13(16)7-8-15(14)18-10-12-5-3-2-4-6-12/h2-9,11,17H,10H2,1H3. The van der Waals surface area contributed by atoms with Gasteiger partial charge in [0.1, 0.15) is 18.2 Å². The first kappa shape index (κ1) is 12.6. The van der Waals surface area contributed by atoms with Crippen molar-refractivity contribution < 1.29 is 14.2 Å². The van der Waals surface area contributed by atoms with E-state index in [1.165, 1.54) is 12.1 Å². The van der Waals surface area contributed by atoms with E-state index in [-0.39, 0.29) is 5.82 Å². The highest BCUT2D eigenvalue weighted by atomic mass is 19.1. The molecule has 0 aliphatic rings. The number of hydrogen-bond donors (Lipinski definition) is 1. The van der Waals surface area contributed by atoms with Gasteiger partial charge in [-0.1, -0.05) is 30.3 Å². The van der Waals surface area contributed by atoms with E-state index in [4.69, 9.17) is 4.74 Å². The summed E-state index contributed by atoms with van der Waals surface area (Å²) in [5.41, 5.74) is 1.49. The summed E-state index contributed by atoms with van der Waals surface area (Å²) >= 11 is 0. The van der Waals surface area contributed by atoms with Crippen molar-refractivity contribution in [2.24, 2.45) is 0 Å². The Bertz CT molecular complexity index is 509. The molecule has 0 fully saturated rings. The van der Waals surface area contributed by atoms with Crippen LogP contribution in [0.4, 0.5) is 4.39 Å². The molecule has 0 spiro atoms. The van der Waals surface area contributed by atoms with E-state index in [0.29, 0.717) is 17.9 Å². The Kier molecular flexibility index (Phi) is 3.95. The quantitative estimate of drug-likeness (QED) is 0.895. The molecule has 0 amide bonds. The van der Waals surface area contributed by atoms with Crippen LogP contribution in [-0.2, 0) is 6.61 Å². The monoisotopic (exact) mass is 246 g/mol. The molecule has 0 saturated carbocycles. The van der Waals surface area contributed by atoms with Crippen LogP contribution >= 0.6 is 0 Å². The summed E-state index contributed by atoms with van der Waals surface area (Å²) in [6, 6.07) is 13.9. The Morgan fingerprint density at radius 1 is 1.17 bits per heavy atom. The Labute approximate surface area is 106 Å². The molecule has 2 nitrogen and oxygen atoms in total. The lowest BCUT2D eigenvalue weighted by Gasteiger charge is -2.13. The molecule has 94 valence electrons. The second-order valence-electron chi connectivity index (χ2n) is 4.13. The first-order valence-corrected chi connectivity index (χ1v) is 5.81. The lowest BCUT2D eigenvalue weighted by atomic mass is 10.1. The molecule has 1 unspecified atom stereocenters. The second-order valence-corrected chi connectivity index (χ2v) is 4.13. The highest BCUT2D eigenvalue weighted by molar-refractivity contribution is 5.35. The van der Waals surface area contributed by atoms with Crippen LogP contribution in [0, 0.1) is 5.82 Å². The van der Waals surface area contributed by atoms with Gasteiger partial charge in [-0.05, 0) is 30.7 Å². The maximum absolute atomic E-state index is 13.1. The van der Waals surface area contributed by atoms with Crippen molar-refractivity contribution in [2.45, 2.75) is 19.6 Å². The van der Waals surface area contributed by atoms with Crippen molar-refractivity contribution in [3.63, 3.8) is 0 Å². The van der Waals surface area contributed by atoms with E-state index < -0.39 is 6.10 Å². The number of aliphatic hydroxyl groups is 1. The normalized spacial score (nSPS) is 12.2. The highest BCUT2D eigenvalue weighted by Crippen LogP contribution is 2.26. The van der Waals surface area contributed by atoms with Crippen LogP contribution < -0.4 is 4.74 Å². The van der Waals surface area contributed by atoms with Gasteiger partial charge < -0.3 is 9.84 Å². The molecular weight excluding hydrogens is 231 g/mol. The molecule has 0 heterocycles. The van der Waals surface area contributed by atoms with Gasteiger partial charge in [0.15, 0.2) is 0 Å². The van der Waals surface area contributed by atoms with Gasteiger partial charge >= 0.3 is 0 Å². The number of aliphatic hydroxyl groups excluding tert-OH is 1. The van der Waals surface area contributed by atoms with Crippen LogP contribution in [0.15, 0.2) is 48.5 Å². The fourth-order valence-electron chi connectivity index (χ4n) is 1.71. The molecule has 0 aliphatic carbocycles. The molecule has 2 aromatic carbocycles. The Morgan fingerprint density at radius 3 is 2.56 bits per heavy atom. The fraction of sp³-hybridized carbons (Fsp3) is 0.200. The largest absolute Gasteiger partial charge is 0.489 e. The van der Waals surface area contributed by atoms with Crippen molar-refractivity contribution in [3.05, 3.63) is 65.5 Å². The van der Waals surface area contributed by atoms with Gasteiger partial charge in [-0.3, -0.25) is 0 Å². The van der Waals surface area contributed by atoms with Gasteiger partial charge in [-0.25, -0.2) is 4.39 Å². The molecule has 2 rings (SSSR count). The van der Waals surface area contributed by atoms with Gasteiger partial charge in [0.2, 0.25) is 0 Å². The van der Waals surface area contributed by atoms with Crippen LogP contribution in [0.25, 0.3) is 0 Å². The minimum absolute atomic E-state index is 0.377. The topological polar surface area (TPSA) is 29.5 Å². The summed E-state index contributed by atoms with van der Waals surface area (Å²) in [6.07, 6.45) is -0.758. The number of ether oxygens (including phenoxy) is 1. The molecule has 1 N–H and O–H groups in total. The lowest BCUT2D eigenvalue weighted by molar-refractivity contribution is 0.189. The Hall–Kier alpha value is -1.87. The molecule has 0 saturated heterocycles. The minimum atomic E-state index is -0.758. The first-order chi connectivity index (χ1) is 8.66.